The number of hydrogen-bond donors (Lipinski definition) is 1. The maximum atomic E-state index is 13.0. The molecule has 1 aliphatic heterocycles. The number of benzene rings is 1. The van der Waals surface area contributed by atoms with Crippen molar-refractivity contribution in [3.63, 3.8) is 0 Å². The monoisotopic (exact) mass is 296 g/mol. The van der Waals surface area contributed by atoms with Gasteiger partial charge in [0, 0.05) is 37.2 Å². The Labute approximate surface area is 126 Å². The molecule has 0 aromatic heterocycles. The lowest BCUT2D eigenvalue weighted by molar-refractivity contribution is 0.280. The van der Waals surface area contributed by atoms with Crippen molar-refractivity contribution >= 4 is 11.8 Å². The van der Waals surface area contributed by atoms with Crippen LogP contribution in [-0.2, 0) is 0 Å². The van der Waals surface area contributed by atoms with E-state index >= 15 is 0 Å². The number of rotatable bonds is 7. The van der Waals surface area contributed by atoms with E-state index in [4.69, 9.17) is 0 Å². The Morgan fingerprint density at radius 2 is 1.95 bits per heavy atom. The van der Waals surface area contributed by atoms with Crippen LogP contribution in [0.15, 0.2) is 24.3 Å². The summed E-state index contributed by atoms with van der Waals surface area (Å²) in [7, 11) is 0. The number of thioether (sulfide) groups is 1. The predicted molar refractivity (Wildman–Crippen MR) is 85.8 cm³/mol. The van der Waals surface area contributed by atoms with Gasteiger partial charge in [0.1, 0.15) is 5.82 Å². The molecule has 4 heteroatoms. The zero-order valence-corrected chi connectivity index (χ0v) is 13.1. The molecule has 1 fully saturated rings. The van der Waals surface area contributed by atoms with Crippen LogP contribution < -0.4 is 5.32 Å². The van der Waals surface area contributed by atoms with Gasteiger partial charge in [-0.1, -0.05) is 19.1 Å². The molecule has 1 aromatic rings. The van der Waals surface area contributed by atoms with Crippen LogP contribution in [0, 0.1) is 5.82 Å². The third kappa shape index (κ3) is 5.08. The summed E-state index contributed by atoms with van der Waals surface area (Å²) in [4.78, 5) is 2.54. The molecule has 1 atom stereocenters. The molecular weight excluding hydrogens is 271 g/mol. The minimum absolute atomic E-state index is 0.156. The minimum atomic E-state index is -0.156. The summed E-state index contributed by atoms with van der Waals surface area (Å²) < 4.78 is 13.0. The molecular formula is C16H25FN2S. The summed E-state index contributed by atoms with van der Waals surface area (Å²) in [5, 5.41) is 3.59. The highest BCUT2D eigenvalue weighted by molar-refractivity contribution is 7.99. The average Bonchev–Trinajstić information content (AvgIpc) is 2.50. The lowest BCUT2D eigenvalue weighted by Crippen LogP contribution is -2.35. The van der Waals surface area contributed by atoms with E-state index in [2.05, 4.69) is 17.1 Å². The van der Waals surface area contributed by atoms with Crippen molar-refractivity contribution in [1.82, 2.24) is 10.2 Å². The van der Waals surface area contributed by atoms with Crippen molar-refractivity contribution in [2.24, 2.45) is 0 Å². The van der Waals surface area contributed by atoms with Gasteiger partial charge in [-0.3, -0.25) is 0 Å². The number of halogens is 1. The van der Waals surface area contributed by atoms with E-state index in [-0.39, 0.29) is 5.82 Å². The van der Waals surface area contributed by atoms with Gasteiger partial charge in [0.15, 0.2) is 0 Å². The molecule has 2 nitrogen and oxygen atoms in total. The highest BCUT2D eigenvalue weighted by Crippen LogP contribution is 2.19. The number of hydrogen-bond acceptors (Lipinski definition) is 3. The van der Waals surface area contributed by atoms with Crippen molar-refractivity contribution in [3.05, 3.63) is 35.6 Å². The molecule has 1 N–H and O–H groups in total. The molecule has 112 valence electrons. The van der Waals surface area contributed by atoms with Gasteiger partial charge >= 0.3 is 0 Å². The first-order valence-corrected chi connectivity index (χ1v) is 8.74. The van der Waals surface area contributed by atoms with E-state index in [1.54, 1.807) is 12.1 Å². The molecule has 0 spiro atoms. The Morgan fingerprint density at radius 1 is 1.25 bits per heavy atom. The standard InChI is InChI=1S/C16H25FN2S/c1-2-8-18-16(14-3-5-15(17)6-4-14)7-9-19-10-12-20-13-11-19/h3-6,16,18H,2,7-13H2,1H3. The van der Waals surface area contributed by atoms with Crippen LogP contribution in [0.5, 0.6) is 0 Å². The van der Waals surface area contributed by atoms with E-state index in [9.17, 15) is 4.39 Å². The second-order valence-corrected chi connectivity index (χ2v) is 6.53. The van der Waals surface area contributed by atoms with Crippen molar-refractivity contribution < 1.29 is 4.39 Å². The van der Waals surface area contributed by atoms with Gasteiger partial charge in [-0.05, 0) is 37.1 Å². The topological polar surface area (TPSA) is 15.3 Å². The Balaban J connectivity index is 1.90. The second-order valence-electron chi connectivity index (χ2n) is 5.30. The lowest BCUT2D eigenvalue weighted by atomic mass is 10.0. The van der Waals surface area contributed by atoms with E-state index in [0.29, 0.717) is 6.04 Å². The van der Waals surface area contributed by atoms with Gasteiger partial charge in [0.05, 0.1) is 0 Å². The van der Waals surface area contributed by atoms with Gasteiger partial charge < -0.3 is 10.2 Å². The summed E-state index contributed by atoms with van der Waals surface area (Å²) in [6.07, 6.45) is 2.22. The Kier molecular flexibility index (Phi) is 6.83. The molecule has 0 bridgehead atoms. The molecule has 20 heavy (non-hydrogen) atoms. The lowest BCUT2D eigenvalue weighted by Gasteiger charge is -2.28. The largest absolute Gasteiger partial charge is 0.310 e. The van der Waals surface area contributed by atoms with Crippen LogP contribution >= 0.6 is 11.8 Å². The Hall–Kier alpha value is -0.580. The molecule has 1 heterocycles. The molecule has 2 rings (SSSR count). The third-order valence-corrected chi connectivity index (χ3v) is 4.69. The van der Waals surface area contributed by atoms with E-state index in [1.807, 2.05) is 23.9 Å². The van der Waals surface area contributed by atoms with Gasteiger partial charge in [0.2, 0.25) is 0 Å². The van der Waals surface area contributed by atoms with Crippen molar-refractivity contribution in [1.29, 1.82) is 0 Å². The van der Waals surface area contributed by atoms with E-state index in [1.165, 1.54) is 30.2 Å². The van der Waals surface area contributed by atoms with Crippen LogP contribution in [0.1, 0.15) is 31.4 Å². The first kappa shape index (κ1) is 15.8. The molecule has 1 aliphatic rings. The first-order valence-electron chi connectivity index (χ1n) is 7.58. The third-order valence-electron chi connectivity index (χ3n) is 3.75. The maximum absolute atomic E-state index is 13.0. The SMILES string of the molecule is CCCNC(CCN1CCSCC1)c1ccc(F)cc1. The molecule has 0 radical (unpaired) electrons. The fourth-order valence-electron chi connectivity index (χ4n) is 2.54. The van der Waals surface area contributed by atoms with E-state index in [0.717, 1.165) is 25.9 Å². The first-order chi connectivity index (χ1) is 9.79. The van der Waals surface area contributed by atoms with Crippen LogP contribution in [0.3, 0.4) is 0 Å². The van der Waals surface area contributed by atoms with Crippen LogP contribution in [0.4, 0.5) is 4.39 Å². The average molecular weight is 296 g/mol. The van der Waals surface area contributed by atoms with Gasteiger partial charge in [-0.2, -0.15) is 11.8 Å². The van der Waals surface area contributed by atoms with Crippen LogP contribution in [0.25, 0.3) is 0 Å². The summed E-state index contributed by atoms with van der Waals surface area (Å²) in [5.74, 6) is 2.35. The molecule has 1 aromatic carbocycles. The highest BCUT2D eigenvalue weighted by Gasteiger charge is 2.15. The van der Waals surface area contributed by atoms with Gasteiger partial charge in [-0.25, -0.2) is 4.39 Å². The molecule has 1 saturated heterocycles. The summed E-state index contributed by atoms with van der Waals surface area (Å²) in [6, 6.07) is 7.29. The highest BCUT2D eigenvalue weighted by atomic mass is 32.2. The molecule has 1 unspecified atom stereocenters. The minimum Gasteiger partial charge on any atom is -0.310 e. The Bertz CT molecular complexity index is 377. The second kappa shape index (κ2) is 8.65. The fourth-order valence-corrected chi connectivity index (χ4v) is 3.52. The fraction of sp³-hybridized carbons (Fsp3) is 0.625. The number of nitrogens with zero attached hydrogens (tertiary/aromatic N) is 1. The normalized spacial score (nSPS) is 18.1. The van der Waals surface area contributed by atoms with Crippen LogP contribution in [0.2, 0.25) is 0 Å². The zero-order valence-electron chi connectivity index (χ0n) is 12.3. The maximum Gasteiger partial charge on any atom is 0.123 e. The summed E-state index contributed by atoms with van der Waals surface area (Å²) in [5.41, 5.74) is 1.20. The molecule has 0 aliphatic carbocycles. The van der Waals surface area contributed by atoms with Gasteiger partial charge in [0.25, 0.3) is 0 Å². The smallest absolute Gasteiger partial charge is 0.123 e. The van der Waals surface area contributed by atoms with Crippen molar-refractivity contribution in [2.75, 3.05) is 37.7 Å². The quantitative estimate of drug-likeness (QED) is 0.831. The molecule has 0 amide bonds. The molecule has 0 saturated carbocycles. The zero-order chi connectivity index (χ0) is 14.2. The van der Waals surface area contributed by atoms with Crippen molar-refractivity contribution in [2.45, 2.75) is 25.8 Å². The summed E-state index contributed by atoms with van der Waals surface area (Å²) >= 11 is 2.05. The Morgan fingerprint density at radius 3 is 2.60 bits per heavy atom. The van der Waals surface area contributed by atoms with Crippen molar-refractivity contribution in [3.8, 4) is 0 Å². The van der Waals surface area contributed by atoms with E-state index < -0.39 is 0 Å². The van der Waals surface area contributed by atoms with Gasteiger partial charge in [-0.15, -0.1) is 0 Å². The van der Waals surface area contributed by atoms with Crippen LogP contribution in [-0.4, -0.2) is 42.6 Å². The summed E-state index contributed by atoms with van der Waals surface area (Å²) in [6.45, 7) is 6.72. The number of nitrogens with one attached hydrogen (secondary N) is 1. The predicted octanol–water partition coefficient (Wildman–Crippen LogP) is 3.31.